The molecular formula is C21H21N5O. The maximum Gasteiger partial charge on any atom is 0.163 e. The van der Waals surface area contributed by atoms with E-state index >= 15 is 0 Å². The molecule has 6 heteroatoms. The minimum absolute atomic E-state index is 0.457. The minimum atomic E-state index is -0.457. The predicted octanol–water partition coefficient (Wildman–Crippen LogP) is 3.14. The summed E-state index contributed by atoms with van der Waals surface area (Å²) in [5, 5.41) is 17.9. The van der Waals surface area contributed by atoms with E-state index in [4.69, 9.17) is 0 Å². The first kappa shape index (κ1) is 17.2. The maximum absolute atomic E-state index is 9.69. The molecule has 0 radical (unpaired) electrons. The van der Waals surface area contributed by atoms with Crippen LogP contribution in [0.5, 0.6) is 0 Å². The van der Waals surface area contributed by atoms with Crippen LogP contribution in [-0.4, -0.2) is 37.5 Å². The molecule has 1 atom stereocenters. The molecule has 0 bridgehead atoms. The zero-order chi connectivity index (χ0) is 18.6. The van der Waals surface area contributed by atoms with Gasteiger partial charge in [-0.3, -0.25) is 4.98 Å². The molecule has 27 heavy (non-hydrogen) atoms. The highest BCUT2D eigenvalue weighted by atomic mass is 16.3. The maximum atomic E-state index is 9.69. The number of aliphatic hydroxyl groups excluding tert-OH is 1. The highest BCUT2D eigenvalue weighted by molar-refractivity contribution is 5.75. The highest BCUT2D eigenvalue weighted by Gasteiger charge is 2.14. The van der Waals surface area contributed by atoms with Gasteiger partial charge in [-0.2, -0.15) is 0 Å². The Morgan fingerprint density at radius 1 is 1.15 bits per heavy atom. The van der Waals surface area contributed by atoms with Gasteiger partial charge in [0, 0.05) is 36.4 Å². The van der Waals surface area contributed by atoms with Crippen LogP contribution in [-0.2, 0) is 6.54 Å². The number of allylic oxidation sites excluding steroid dienone is 2. The van der Waals surface area contributed by atoms with E-state index < -0.39 is 6.10 Å². The molecule has 3 heterocycles. The van der Waals surface area contributed by atoms with Crippen molar-refractivity contribution in [1.29, 1.82) is 0 Å². The van der Waals surface area contributed by atoms with E-state index in [1.165, 1.54) is 11.1 Å². The second-order valence-electron chi connectivity index (χ2n) is 6.60. The molecule has 1 aliphatic heterocycles. The molecule has 136 valence electrons. The molecule has 0 saturated heterocycles. The number of aromatic nitrogens is 4. The van der Waals surface area contributed by atoms with E-state index in [1.54, 1.807) is 13.3 Å². The monoisotopic (exact) mass is 359 g/mol. The molecule has 1 N–H and O–H groups in total. The van der Waals surface area contributed by atoms with Crippen LogP contribution in [0.2, 0.25) is 0 Å². The number of hydrogen-bond acceptors (Lipinski definition) is 5. The van der Waals surface area contributed by atoms with Gasteiger partial charge in [-0.05, 0) is 48.4 Å². The normalized spacial score (nSPS) is 14.9. The molecular weight excluding hydrogens is 338 g/mol. The van der Waals surface area contributed by atoms with Crippen molar-refractivity contribution in [1.82, 2.24) is 19.7 Å². The van der Waals surface area contributed by atoms with Gasteiger partial charge < -0.3 is 14.6 Å². The predicted molar refractivity (Wildman–Crippen MR) is 106 cm³/mol. The van der Waals surface area contributed by atoms with E-state index in [9.17, 15) is 5.11 Å². The standard InChI is InChI=1S/C21H21N5O/c1-16(27)13-26-15-23-24-21(26)18-4-2-6-20(12-18)25-11-3-5-19(14-25)17-7-9-22-10-8-17/h2-12,15-16,27H,13-14H2,1H3/t16-/m0/s1. The second kappa shape index (κ2) is 7.55. The lowest BCUT2D eigenvalue weighted by Gasteiger charge is -2.25. The van der Waals surface area contributed by atoms with Crippen LogP contribution in [0.1, 0.15) is 12.5 Å². The summed E-state index contributed by atoms with van der Waals surface area (Å²) in [5.74, 6) is 0.753. The molecule has 3 aromatic rings. The lowest BCUT2D eigenvalue weighted by atomic mass is 10.0. The van der Waals surface area contributed by atoms with Crippen molar-refractivity contribution >= 4 is 11.3 Å². The lowest BCUT2D eigenvalue weighted by molar-refractivity contribution is 0.174. The summed E-state index contributed by atoms with van der Waals surface area (Å²) in [6, 6.07) is 12.3. The topological polar surface area (TPSA) is 67.1 Å². The Labute approximate surface area is 158 Å². The molecule has 4 rings (SSSR count). The molecule has 1 aliphatic rings. The highest BCUT2D eigenvalue weighted by Crippen LogP contribution is 2.27. The van der Waals surface area contributed by atoms with Gasteiger partial charge in [0.2, 0.25) is 0 Å². The molecule has 6 nitrogen and oxygen atoms in total. The third-order valence-corrected chi connectivity index (χ3v) is 4.47. The van der Waals surface area contributed by atoms with E-state index in [0.29, 0.717) is 6.54 Å². The zero-order valence-electron chi connectivity index (χ0n) is 15.1. The Balaban J connectivity index is 1.60. The number of benzene rings is 1. The number of aliphatic hydroxyl groups is 1. The summed E-state index contributed by atoms with van der Waals surface area (Å²) in [4.78, 5) is 6.30. The van der Waals surface area contributed by atoms with Crippen LogP contribution in [0.4, 0.5) is 5.69 Å². The minimum Gasteiger partial charge on any atom is -0.392 e. The van der Waals surface area contributed by atoms with Gasteiger partial charge in [0.15, 0.2) is 5.82 Å². The van der Waals surface area contributed by atoms with Gasteiger partial charge in [-0.15, -0.1) is 10.2 Å². The molecule has 1 aromatic carbocycles. The van der Waals surface area contributed by atoms with Crippen LogP contribution < -0.4 is 4.90 Å². The Kier molecular flexibility index (Phi) is 4.80. The molecule has 0 spiro atoms. The quantitative estimate of drug-likeness (QED) is 0.758. The van der Waals surface area contributed by atoms with E-state index in [-0.39, 0.29) is 0 Å². The van der Waals surface area contributed by atoms with Gasteiger partial charge in [-0.25, -0.2) is 0 Å². The number of rotatable bonds is 5. The Morgan fingerprint density at radius 2 is 2.00 bits per heavy atom. The first-order valence-corrected chi connectivity index (χ1v) is 8.91. The van der Waals surface area contributed by atoms with Gasteiger partial charge in [0.1, 0.15) is 6.33 Å². The Bertz CT molecular complexity index is 975. The van der Waals surface area contributed by atoms with Crippen LogP contribution in [0.25, 0.3) is 17.0 Å². The van der Waals surface area contributed by atoms with Gasteiger partial charge in [0.05, 0.1) is 12.6 Å². The summed E-state index contributed by atoms with van der Waals surface area (Å²) in [6.45, 7) is 3.00. The van der Waals surface area contributed by atoms with Crippen molar-refractivity contribution in [2.24, 2.45) is 0 Å². The van der Waals surface area contributed by atoms with E-state index in [2.05, 4.69) is 50.6 Å². The van der Waals surface area contributed by atoms with E-state index in [1.807, 2.05) is 41.2 Å². The summed E-state index contributed by atoms with van der Waals surface area (Å²) < 4.78 is 1.87. The van der Waals surface area contributed by atoms with E-state index in [0.717, 1.165) is 23.6 Å². The Hall–Kier alpha value is -3.25. The summed E-state index contributed by atoms with van der Waals surface area (Å²) >= 11 is 0. The van der Waals surface area contributed by atoms with Crippen molar-refractivity contribution in [2.45, 2.75) is 19.6 Å². The van der Waals surface area contributed by atoms with Crippen LogP contribution in [0, 0.1) is 0 Å². The van der Waals surface area contributed by atoms with Crippen molar-refractivity contribution in [3.8, 4) is 11.4 Å². The van der Waals surface area contributed by atoms with Crippen molar-refractivity contribution in [3.05, 3.63) is 79.0 Å². The molecule has 0 saturated carbocycles. The fourth-order valence-electron chi connectivity index (χ4n) is 3.20. The summed E-state index contributed by atoms with van der Waals surface area (Å²) in [7, 11) is 0. The van der Waals surface area contributed by atoms with Crippen LogP contribution in [0.15, 0.2) is 73.5 Å². The molecule has 0 unspecified atom stereocenters. The number of hydrogen-bond donors (Lipinski definition) is 1. The lowest BCUT2D eigenvalue weighted by Crippen LogP contribution is -2.20. The first-order chi connectivity index (χ1) is 13.2. The smallest absolute Gasteiger partial charge is 0.163 e. The summed E-state index contributed by atoms with van der Waals surface area (Å²) in [5.41, 5.74) is 4.46. The van der Waals surface area contributed by atoms with Crippen molar-refractivity contribution < 1.29 is 5.11 Å². The fraction of sp³-hybridized carbons (Fsp3) is 0.190. The zero-order valence-corrected chi connectivity index (χ0v) is 15.1. The number of anilines is 1. The SMILES string of the molecule is C[C@H](O)Cn1cnnc1-c1cccc(N2C=CC=C(c3ccncc3)C2)c1. The fourth-order valence-corrected chi connectivity index (χ4v) is 3.20. The average Bonchev–Trinajstić information content (AvgIpc) is 3.16. The van der Waals surface area contributed by atoms with Gasteiger partial charge in [-0.1, -0.05) is 18.2 Å². The summed E-state index contributed by atoms with van der Waals surface area (Å²) in [6.07, 6.45) is 11.1. The Morgan fingerprint density at radius 3 is 2.81 bits per heavy atom. The molecule has 0 aliphatic carbocycles. The van der Waals surface area contributed by atoms with Crippen molar-refractivity contribution in [2.75, 3.05) is 11.4 Å². The first-order valence-electron chi connectivity index (χ1n) is 8.91. The molecule has 0 amide bonds. The average molecular weight is 359 g/mol. The third-order valence-electron chi connectivity index (χ3n) is 4.47. The van der Waals surface area contributed by atoms with Gasteiger partial charge >= 0.3 is 0 Å². The molecule has 2 aromatic heterocycles. The van der Waals surface area contributed by atoms with Gasteiger partial charge in [0.25, 0.3) is 0 Å². The van der Waals surface area contributed by atoms with Crippen LogP contribution in [0.3, 0.4) is 0 Å². The number of nitrogens with zero attached hydrogens (tertiary/aromatic N) is 5. The number of pyridine rings is 1. The largest absolute Gasteiger partial charge is 0.392 e. The van der Waals surface area contributed by atoms with Crippen molar-refractivity contribution in [3.63, 3.8) is 0 Å². The second-order valence-corrected chi connectivity index (χ2v) is 6.60. The van der Waals surface area contributed by atoms with Crippen LogP contribution >= 0.6 is 0 Å². The molecule has 0 fully saturated rings. The third kappa shape index (κ3) is 3.80.